The number of hydrogen-bond acceptors (Lipinski definition) is 3. The summed E-state index contributed by atoms with van der Waals surface area (Å²) >= 11 is 11.9. The van der Waals surface area contributed by atoms with Crippen molar-refractivity contribution in [1.82, 2.24) is 9.80 Å². The summed E-state index contributed by atoms with van der Waals surface area (Å²) in [5.41, 5.74) is 0.859. The van der Waals surface area contributed by atoms with Crippen molar-refractivity contribution in [2.24, 2.45) is 11.0 Å². The van der Waals surface area contributed by atoms with Gasteiger partial charge in [-0.1, -0.05) is 29.3 Å². The first kappa shape index (κ1) is 18.0. The lowest BCUT2D eigenvalue weighted by Crippen LogP contribution is -2.35. The Hall–Kier alpha value is -1.83. The molecule has 2 aliphatic heterocycles. The van der Waals surface area contributed by atoms with Crippen LogP contribution in [-0.2, 0) is 4.74 Å². The molecule has 0 saturated carbocycles. The molecule has 7 nitrogen and oxygen atoms in total. The molecule has 0 aromatic heterocycles. The van der Waals surface area contributed by atoms with Crippen LogP contribution in [0.15, 0.2) is 29.5 Å². The van der Waals surface area contributed by atoms with Crippen LogP contribution in [-0.4, -0.2) is 53.6 Å². The number of nitrogens with zero attached hydrogens (tertiary/aromatic N) is 4. The zero-order valence-corrected chi connectivity index (χ0v) is 15.0. The van der Waals surface area contributed by atoms with Crippen molar-refractivity contribution in [3.8, 4) is 0 Å². The Morgan fingerprint density at radius 2 is 2.20 bits per heavy atom. The molecule has 1 unspecified atom stereocenters. The van der Waals surface area contributed by atoms with Crippen LogP contribution in [0.5, 0.6) is 0 Å². The molecule has 9 heteroatoms. The zero-order valence-electron chi connectivity index (χ0n) is 13.5. The monoisotopic (exact) mass is 384 g/mol. The standard InChI is InChI=1S/C16H18Cl2N4O3/c17-14-2-1-12(9-15(14)18)3-5-20-6-7-21(16(20)19-22(23)24)10-13-4-8-25-11-13/h1-3,5,9,13H,4,6-8,10-11H2. The van der Waals surface area contributed by atoms with Gasteiger partial charge in [0.05, 0.1) is 16.7 Å². The van der Waals surface area contributed by atoms with E-state index in [0.717, 1.165) is 18.6 Å². The largest absolute Gasteiger partial charge is 0.381 e. The minimum Gasteiger partial charge on any atom is -0.381 e. The molecule has 0 amide bonds. The summed E-state index contributed by atoms with van der Waals surface area (Å²) in [6, 6.07) is 5.29. The number of guanidine groups is 1. The summed E-state index contributed by atoms with van der Waals surface area (Å²) in [7, 11) is 0. The maximum atomic E-state index is 10.9. The van der Waals surface area contributed by atoms with Crippen LogP contribution in [0.2, 0.25) is 10.0 Å². The van der Waals surface area contributed by atoms with Gasteiger partial charge < -0.3 is 14.5 Å². The van der Waals surface area contributed by atoms with Gasteiger partial charge in [0, 0.05) is 38.4 Å². The van der Waals surface area contributed by atoms with Crippen molar-refractivity contribution < 1.29 is 9.77 Å². The third-order valence-corrected chi connectivity index (χ3v) is 4.95. The number of benzene rings is 1. The van der Waals surface area contributed by atoms with Gasteiger partial charge >= 0.3 is 0 Å². The van der Waals surface area contributed by atoms with Crippen molar-refractivity contribution >= 4 is 35.2 Å². The van der Waals surface area contributed by atoms with E-state index in [-0.39, 0.29) is 0 Å². The molecule has 2 aliphatic rings. The number of hydrazone groups is 1. The average molecular weight is 385 g/mol. The molecule has 0 radical (unpaired) electrons. The molecule has 0 N–H and O–H groups in total. The lowest BCUT2D eigenvalue weighted by molar-refractivity contribution is -0.486. The topological polar surface area (TPSA) is 71.2 Å². The normalized spacial score (nSPS) is 22.5. The molecule has 0 aliphatic carbocycles. The molecule has 2 heterocycles. The third kappa shape index (κ3) is 4.62. The van der Waals surface area contributed by atoms with Crippen molar-refractivity contribution in [2.45, 2.75) is 6.42 Å². The molecular weight excluding hydrogens is 367 g/mol. The Bertz CT molecular complexity index is 705. The molecular formula is C16H18Cl2N4O3. The highest BCUT2D eigenvalue weighted by Gasteiger charge is 2.31. The third-order valence-electron chi connectivity index (χ3n) is 4.21. The smallest absolute Gasteiger partial charge is 0.278 e. The molecule has 25 heavy (non-hydrogen) atoms. The van der Waals surface area contributed by atoms with Gasteiger partial charge in [0.25, 0.3) is 5.96 Å². The van der Waals surface area contributed by atoms with Gasteiger partial charge in [-0.05, 0) is 30.2 Å². The van der Waals surface area contributed by atoms with Crippen molar-refractivity contribution in [1.29, 1.82) is 0 Å². The van der Waals surface area contributed by atoms with Crippen molar-refractivity contribution in [2.75, 3.05) is 32.8 Å². The van der Waals surface area contributed by atoms with Crippen LogP contribution in [0.4, 0.5) is 0 Å². The van der Waals surface area contributed by atoms with Crippen LogP contribution >= 0.6 is 23.2 Å². The number of halogens is 2. The molecule has 1 aromatic carbocycles. The maximum absolute atomic E-state index is 10.9. The van der Waals surface area contributed by atoms with Gasteiger partial charge in [0.1, 0.15) is 5.10 Å². The second-order valence-corrected chi connectivity index (χ2v) is 6.81. The highest BCUT2D eigenvalue weighted by Crippen LogP contribution is 2.24. The van der Waals surface area contributed by atoms with E-state index in [1.165, 1.54) is 0 Å². The molecule has 1 aromatic rings. The van der Waals surface area contributed by atoms with E-state index in [1.54, 1.807) is 23.2 Å². The van der Waals surface area contributed by atoms with E-state index in [1.807, 2.05) is 17.0 Å². The van der Waals surface area contributed by atoms with Crippen LogP contribution in [0.25, 0.3) is 6.08 Å². The first-order valence-electron chi connectivity index (χ1n) is 7.98. The fourth-order valence-electron chi connectivity index (χ4n) is 2.95. The van der Waals surface area contributed by atoms with E-state index in [9.17, 15) is 10.1 Å². The molecule has 134 valence electrons. The van der Waals surface area contributed by atoms with Crippen molar-refractivity contribution in [3.05, 3.63) is 50.1 Å². The lowest BCUT2D eigenvalue weighted by atomic mass is 10.1. The summed E-state index contributed by atoms with van der Waals surface area (Å²) in [5, 5.41) is 14.8. The van der Waals surface area contributed by atoms with E-state index >= 15 is 0 Å². The fraction of sp³-hybridized carbons (Fsp3) is 0.438. The first-order valence-corrected chi connectivity index (χ1v) is 8.74. The van der Waals surface area contributed by atoms with E-state index in [2.05, 4.69) is 5.10 Å². The predicted molar refractivity (Wildman–Crippen MR) is 97.1 cm³/mol. The molecule has 0 spiro atoms. The Morgan fingerprint density at radius 1 is 1.36 bits per heavy atom. The maximum Gasteiger partial charge on any atom is 0.278 e. The minimum atomic E-state index is -0.654. The van der Waals surface area contributed by atoms with Crippen LogP contribution in [0.3, 0.4) is 0 Å². The molecule has 0 bridgehead atoms. The van der Waals surface area contributed by atoms with E-state index in [0.29, 0.717) is 48.2 Å². The first-order chi connectivity index (χ1) is 12.0. The quantitative estimate of drug-likeness (QED) is 0.575. The highest BCUT2D eigenvalue weighted by molar-refractivity contribution is 6.42. The Morgan fingerprint density at radius 3 is 2.88 bits per heavy atom. The summed E-state index contributed by atoms with van der Waals surface area (Å²) in [5.74, 6) is 0.740. The average Bonchev–Trinajstić information content (AvgIpc) is 3.20. The summed E-state index contributed by atoms with van der Waals surface area (Å²) in [4.78, 5) is 14.6. The molecule has 2 fully saturated rings. The fourth-order valence-corrected chi connectivity index (χ4v) is 3.26. The number of nitro groups is 1. The Kier molecular flexibility index (Phi) is 5.78. The predicted octanol–water partition coefficient (Wildman–Crippen LogP) is 3.17. The van der Waals surface area contributed by atoms with Crippen LogP contribution in [0, 0.1) is 16.0 Å². The number of hydrogen-bond donors (Lipinski definition) is 0. The molecule has 1 atom stereocenters. The molecule has 2 saturated heterocycles. The summed E-state index contributed by atoms with van der Waals surface area (Å²) in [6.07, 6.45) is 4.59. The van der Waals surface area contributed by atoms with E-state index in [4.69, 9.17) is 27.9 Å². The van der Waals surface area contributed by atoms with Crippen molar-refractivity contribution in [3.63, 3.8) is 0 Å². The minimum absolute atomic E-state index is 0.355. The van der Waals surface area contributed by atoms with Gasteiger partial charge in [0.2, 0.25) is 0 Å². The Balaban J connectivity index is 1.73. The van der Waals surface area contributed by atoms with Gasteiger partial charge in [-0.2, -0.15) is 0 Å². The molecule has 3 rings (SSSR count). The second-order valence-electron chi connectivity index (χ2n) is 6.00. The van der Waals surface area contributed by atoms with Gasteiger partial charge in [-0.25, -0.2) is 10.1 Å². The SMILES string of the molecule is O=[N+]([O-])N=C1N(C=Cc2ccc(Cl)c(Cl)c2)CCN1CC1CCOC1. The number of ether oxygens (including phenoxy) is 1. The zero-order chi connectivity index (χ0) is 17.8. The number of rotatable bonds is 5. The van der Waals surface area contributed by atoms with Gasteiger partial charge in [0.15, 0.2) is 5.03 Å². The van der Waals surface area contributed by atoms with Crippen LogP contribution < -0.4 is 0 Å². The Labute approximate surface area is 155 Å². The lowest BCUT2D eigenvalue weighted by Gasteiger charge is -2.21. The van der Waals surface area contributed by atoms with E-state index < -0.39 is 5.03 Å². The second kappa shape index (κ2) is 8.03. The highest BCUT2D eigenvalue weighted by atomic mass is 35.5. The summed E-state index contributed by atoms with van der Waals surface area (Å²) in [6.45, 7) is 3.49. The van der Waals surface area contributed by atoms with Gasteiger partial charge in [-0.3, -0.25) is 0 Å². The van der Waals surface area contributed by atoms with Gasteiger partial charge in [-0.15, -0.1) is 0 Å². The van der Waals surface area contributed by atoms with Crippen LogP contribution in [0.1, 0.15) is 12.0 Å². The summed E-state index contributed by atoms with van der Waals surface area (Å²) < 4.78 is 5.39.